The van der Waals surface area contributed by atoms with Gasteiger partial charge in [-0.2, -0.15) is 0 Å². The molecule has 0 radical (unpaired) electrons. The molecule has 0 bridgehead atoms. The lowest BCUT2D eigenvalue weighted by Gasteiger charge is -2.13. The highest BCUT2D eigenvalue weighted by atomic mass is 16.2. The fourth-order valence-corrected chi connectivity index (χ4v) is 2.78. The second-order valence-electron chi connectivity index (χ2n) is 5.96. The number of hydrogen-bond donors (Lipinski definition) is 2. The van der Waals surface area contributed by atoms with Crippen LogP contribution < -0.4 is 10.6 Å². The van der Waals surface area contributed by atoms with Crippen molar-refractivity contribution in [1.29, 1.82) is 0 Å². The molecule has 0 saturated carbocycles. The van der Waals surface area contributed by atoms with Crippen molar-refractivity contribution >= 4 is 6.03 Å². The van der Waals surface area contributed by atoms with Gasteiger partial charge in [0.1, 0.15) is 12.1 Å². The van der Waals surface area contributed by atoms with Crippen LogP contribution in [0, 0.1) is 0 Å². The van der Waals surface area contributed by atoms with Crippen LogP contribution in [0.5, 0.6) is 0 Å². The Morgan fingerprint density at radius 1 is 1.25 bits per heavy atom. The summed E-state index contributed by atoms with van der Waals surface area (Å²) in [6.07, 6.45) is 15.2. The molecule has 0 aliphatic heterocycles. The second kappa shape index (κ2) is 8.29. The van der Waals surface area contributed by atoms with Gasteiger partial charge in [-0.05, 0) is 43.7 Å². The zero-order valence-corrected chi connectivity index (χ0v) is 13.7. The molecule has 2 heterocycles. The maximum Gasteiger partial charge on any atom is 0.315 e. The van der Waals surface area contributed by atoms with Crippen molar-refractivity contribution in [3.8, 4) is 5.82 Å². The zero-order valence-electron chi connectivity index (χ0n) is 13.7. The minimum Gasteiger partial charge on any atom is -0.338 e. The molecule has 1 aliphatic carbocycles. The largest absolute Gasteiger partial charge is 0.338 e. The highest BCUT2D eigenvalue weighted by Crippen LogP contribution is 2.19. The Labute approximate surface area is 142 Å². The van der Waals surface area contributed by atoms with Crippen molar-refractivity contribution in [2.75, 3.05) is 6.54 Å². The van der Waals surface area contributed by atoms with Crippen molar-refractivity contribution in [3.63, 3.8) is 0 Å². The third-order valence-electron chi connectivity index (χ3n) is 4.15. The molecule has 1 aliphatic rings. The van der Waals surface area contributed by atoms with Crippen LogP contribution in [0.2, 0.25) is 0 Å². The molecule has 126 valence electrons. The number of hydrogen-bond acceptors (Lipinski definition) is 3. The Morgan fingerprint density at radius 2 is 2.21 bits per heavy atom. The van der Waals surface area contributed by atoms with Gasteiger partial charge in [-0.3, -0.25) is 4.57 Å². The highest BCUT2D eigenvalue weighted by molar-refractivity contribution is 5.73. The Bertz CT molecular complexity index is 676. The minimum atomic E-state index is -0.134. The smallest absolute Gasteiger partial charge is 0.315 e. The predicted octanol–water partition coefficient (Wildman–Crippen LogP) is 2.96. The van der Waals surface area contributed by atoms with E-state index < -0.39 is 0 Å². The molecular weight excluding hydrogens is 302 g/mol. The Hall–Kier alpha value is -2.63. The van der Waals surface area contributed by atoms with Gasteiger partial charge in [0, 0.05) is 31.7 Å². The molecule has 0 aromatic carbocycles. The van der Waals surface area contributed by atoms with Gasteiger partial charge in [-0.1, -0.05) is 17.7 Å². The number of nitrogens with zero attached hydrogens (tertiary/aromatic N) is 3. The summed E-state index contributed by atoms with van der Waals surface area (Å²) in [6.45, 7) is 1.15. The number of aromatic nitrogens is 3. The Kier molecular flexibility index (Phi) is 5.61. The van der Waals surface area contributed by atoms with Gasteiger partial charge in [0.25, 0.3) is 0 Å². The van der Waals surface area contributed by atoms with E-state index in [9.17, 15) is 4.79 Å². The molecule has 0 atom stereocenters. The number of amides is 2. The van der Waals surface area contributed by atoms with E-state index in [0.29, 0.717) is 13.1 Å². The second-order valence-corrected chi connectivity index (χ2v) is 5.96. The third kappa shape index (κ3) is 4.68. The standard InChI is InChI=1S/C18H23N5O/c24-18(20-9-8-15-4-2-1-3-5-15)22-13-16-6-7-17(21-12-16)23-11-10-19-14-23/h4,6-7,10-12,14H,1-3,5,8-9,13H2,(H2,20,22,24). The normalized spacial score (nSPS) is 14.1. The number of carbonyl (C=O) groups is 1. The summed E-state index contributed by atoms with van der Waals surface area (Å²) < 4.78 is 1.84. The van der Waals surface area contributed by atoms with E-state index in [2.05, 4.69) is 26.7 Å². The van der Waals surface area contributed by atoms with Crippen LogP contribution in [0.3, 0.4) is 0 Å². The Balaban J connectivity index is 1.38. The average molecular weight is 325 g/mol. The van der Waals surface area contributed by atoms with E-state index >= 15 is 0 Å². The quantitative estimate of drug-likeness (QED) is 0.802. The number of rotatable bonds is 6. The van der Waals surface area contributed by atoms with Gasteiger partial charge < -0.3 is 10.6 Å². The third-order valence-corrected chi connectivity index (χ3v) is 4.15. The summed E-state index contributed by atoms with van der Waals surface area (Å²) >= 11 is 0. The molecule has 2 amide bonds. The fourth-order valence-electron chi connectivity index (χ4n) is 2.78. The summed E-state index contributed by atoms with van der Waals surface area (Å²) in [6, 6.07) is 3.73. The number of nitrogens with one attached hydrogen (secondary N) is 2. The van der Waals surface area contributed by atoms with Crippen LogP contribution in [0.4, 0.5) is 4.79 Å². The molecule has 0 fully saturated rings. The summed E-state index contributed by atoms with van der Waals surface area (Å²) in [7, 11) is 0. The van der Waals surface area contributed by atoms with Crippen molar-refractivity contribution in [2.45, 2.75) is 38.6 Å². The van der Waals surface area contributed by atoms with Crippen molar-refractivity contribution in [1.82, 2.24) is 25.2 Å². The van der Waals surface area contributed by atoms with E-state index in [0.717, 1.165) is 17.8 Å². The van der Waals surface area contributed by atoms with Crippen LogP contribution in [0.25, 0.3) is 5.82 Å². The maximum atomic E-state index is 11.8. The number of urea groups is 1. The van der Waals surface area contributed by atoms with Crippen LogP contribution in [-0.2, 0) is 6.54 Å². The molecule has 24 heavy (non-hydrogen) atoms. The van der Waals surface area contributed by atoms with E-state index in [4.69, 9.17) is 0 Å². The zero-order chi connectivity index (χ0) is 16.6. The van der Waals surface area contributed by atoms with Crippen molar-refractivity contribution in [3.05, 3.63) is 54.3 Å². The van der Waals surface area contributed by atoms with Crippen LogP contribution in [0.15, 0.2) is 48.7 Å². The first-order valence-corrected chi connectivity index (χ1v) is 8.44. The SMILES string of the molecule is O=C(NCCC1=CCCCC1)NCc1ccc(-n2ccnc2)nc1. The molecule has 3 rings (SSSR count). The highest BCUT2D eigenvalue weighted by Gasteiger charge is 2.05. The lowest BCUT2D eigenvalue weighted by Crippen LogP contribution is -2.35. The molecule has 2 aromatic rings. The number of carbonyl (C=O) groups excluding carboxylic acids is 1. The van der Waals surface area contributed by atoms with E-state index in [-0.39, 0.29) is 6.03 Å². The van der Waals surface area contributed by atoms with Gasteiger partial charge in [0.05, 0.1) is 0 Å². The predicted molar refractivity (Wildman–Crippen MR) is 92.8 cm³/mol. The lowest BCUT2D eigenvalue weighted by molar-refractivity contribution is 0.240. The van der Waals surface area contributed by atoms with E-state index in [1.807, 2.05) is 22.9 Å². The molecule has 6 nitrogen and oxygen atoms in total. The van der Waals surface area contributed by atoms with E-state index in [1.54, 1.807) is 18.7 Å². The molecule has 0 spiro atoms. The molecule has 0 saturated heterocycles. The molecule has 6 heteroatoms. The molecule has 0 unspecified atom stereocenters. The minimum absolute atomic E-state index is 0.134. The van der Waals surface area contributed by atoms with Crippen LogP contribution >= 0.6 is 0 Å². The maximum absolute atomic E-state index is 11.8. The Morgan fingerprint density at radius 3 is 2.92 bits per heavy atom. The summed E-state index contributed by atoms with van der Waals surface area (Å²) in [5, 5.41) is 5.77. The summed E-state index contributed by atoms with van der Waals surface area (Å²) in [4.78, 5) is 20.2. The van der Waals surface area contributed by atoms with Gasteiger partial charge >= 0.3 is 6.03 Å². The lowest BCUT2D eigenvalue weighted by atomic mass is 9.97. The molecule has 2 N–H and O–H groups in total. The van der Waals surface area contributed by atoms with Crippen LogP contribution in [0.1, 0.15) is 37.7 Å². The summed E-state index contributed by atoms with van der Waals surface area (Å²) in [5.74, 6) is 0.807. The van der Waals surface area contributed by atoms with E-state index in [1.165, 1.54) is 31.3 Å². The number of imidazole rings is 1. The fraction of sp³-hybridized carbons (Fsp3) is 0.389. The van der Waals surface area contributed by atoms with Gasteiger partial charge in [-0.15, -0.1) is 0 Å². The molecule has 2 aromatic heterocycles. The van der Waals surface area contributed by atoms with Crippen molar-refractivity contribution in [2.24, 2.45) is 0 Å². The van der Waals surface area contributed by atoms with Gasteiger partial charge in [0.2, 0.25) is 0 Å². The van der Waals surface area contributed by atoms with Crippen molar-refractivity contribution < 1.29 is 4.79 Å². The molecular formula is C18H23N5O. The van der Waals surface area contributed by atoms with Crippen LogP contribution in [-0.4, -0.2) is 27.1 Å². The average Bonchev–Trinajstić information content (AvgIpc) is 3.16. The number of pyridine rings is 1. The number of allylic oxidation sites excluding steroid dienone is 1. The first-order chi connectivity index (χ1) is 11.8. The topological polar surface area (TPSA) is 71.8 Å². The monoisotopic (exact) mass is 325 g/mol. The van der Waals surface area contributed by atoms with Gasteiger partial charge in [-0.25, -0.2) is 14.8 Å². The first-order valence-electron chi connectivity index (χ1n) is 8.44. The summed E-state index contributed by atoms with van der Waals surface area (Å²) in [5.41, 5.74) is 2.44. The first kappa shape index (κ1) is 16.2. The van der Waals surface area contributed by atoms with Gasteiger partial charge in [0.15, 0.2) is 0 Å².